The largest absolute Gasteiger partial charge is 0.379 e. The molecule has 5 nitrogen and oxygen atoms in total. The van der Waals surface area contributed by atoms with Gasteiger partial charge in [-0.15, -0.1) is 0 Å². The molecule has 0 aliphatic heterocycles. The molecule has 1 rings (SSSR count). The summed E-state index contributed by atoms with van der Waals surface area (Å²) in [6, 6.07) is -0.242. The molecule has 1 atom stereocenters. The van der Waals surface area contributed by atoms with Gasteiger partial charge < -0.3 is 15.0 Å². The monoisotopic (exact) mass is 185 g/mol. The van der Waals surface area contributed by atoms with Crippen molar-refractivity contribution in [2.45, 2.75) is 31.9 Å². The summed E-state index contributed by atoms with van der Waals surface area (Å²) in [6.45, 7) is 3.93. The molecular weight excluding hydrogens is 170 g/mol. The van der Waals surface area contributed by atoms with Crippen LogP contribution in [0.1, 0.15) is 32.1 Å². The van der Waals surface area contributed by atoms with Crippen LogP contribution in [0.25, 0.3) is 0 Å². The number of aromatic nitrogens is 2. The summed E-state index contributed by atoms with van der Waals surface area (Å²) in [4.78, 5) is 3.88. The Kier molecular flexibility index (Phi) is 3.00. The maximum absolute atomic E-state index is 5.84. The smallest absolute Gasteiger partial charge is 0.213 e. The van der Waals surface area contributed by atoms with Gasteiger partial charge in [-0.1, -0.05) is 5.16 Å². The SMILES string of the molecule is COC(C)(C)CC(N)c1ncon1. The molecule has 0 aliphatic rings. The van der Waals surface area contributed by atoms with Crippen LogP contribution in [0.5, 0.6) is 0 Å². The lowest BCUT2D eigenvalue weighted by atomic mass is 9.99. The lowest BCUT2D eigenvalue weighted by Crippen LogP contribution is -2.29. The molecule has 13 heavy (non-hydrogen) atoms. The molecule has 0 aromatic carbocycles. The summed E-state index contributed by atoms with van der Waals surface area (Å²) in [6.07, 6.45) is 1.93. The number of methoxy groups -OCH3 is 1. The Hall–Kier alpha value is -0.940. The van der Waals surface area contributed by atoms with E-state index in [-0.39, 0.29) is 11.6 Å². The van der Waals surface area contributed by atoms with Crippen LogP contribution in [-0.2, 0) is 4.74 Å². The molecule has 0 saturated heterocycles. The van der Waals surface area contributed by atoms with Gasteiger partial charge in [0.1, 0.15) is 0 Å². The minimum atomic E-state index is -0.264. The van der Waals surface area contributed by atoms with Crippen molar-refractivity contribution in [2.75, 3.05) is 7.11 Å². The van der Waals surface area contributed by atoms with Gasteiger partial charge in [0.05, 0.1) is 11.6 Å². The fourth-order valence-corrected chi connectivity index (χ4v) is 1.05. The average Bonchev–Trinajstić information content (AvgIpc) is 2.55. The van der Waals surface area contributed by atoms with Gasteiger partial charge in [0, 0.05) is 7.11 Å². The fraction of sp³-hybridized carbons (Fsp3) is 0.750. The Morgan fingerprint density at radius 1 is 1.69 bits per heavy atom. The molecule has 0 fully saturated rings. The van der Waals surface area contributed by atoms with E-state index in [2.05, 4.69) is 14.7 Å². The molecule has 1 unspecified atom stereocenters. The molecule has 0 saturated carbocycles. The summed E-state index contributed by atoms with van der Waals surface area (Å²) >= 11 is 0. The summed E-state index contributed by atoms with van der Waals surface area (Å²) in [5, 5.41) is 3.67. The molecule has 2 N–H and O–H groups in total. The molecular formula is C8H15N3O2. The zero-order chi connectivity index (χ0) is 9.90. The van der Waals surface area contributed by atoms with E-state index in [4.69, 9.17) is 10.5 Å². The first kappa shape index (κ1) is 10.1. The van der Waals surface area contributed by atoms with Crippen molar-refractivity contribution in [3.8, 4) is 0 Å². The van der Waals surface area contributed by atoms with Gasteiger partial charge in [-0.25, -0.2) is 0 Å². The average molecular weight is 185 g/mol. The standard InChI is InChI=1S/C8H15N3O2/c1-8(2,12-3)4-6(9)7-10-5-13-11-7/h5-6H,4,9H2,1-3H3. The van der Waals surface area contributed by atoms with Gasteiger partial charge in [-0.2, -0.15) is 4.98 Å². The normalized spacial score (nSPS) is 14.5. The molecule has 1 heterocycles. The van der Waals surface area contributed by atoms with Crippen LogP contribution >= 0.6 is 0 Å². The molecule has 0 spiro atoms. The Morgan fingerprint density at radius 3 is 2.85 bits per heavy atom. The lowest BCUT2D eigenvalue weighted by molar-refractivity contribution is 0.00921. The lowest BCUT2D eigenvalue weighted by Gasteiger charge is -2.24. The summed E-state index contributed by atoms with van der Waals surface area (Å²) in [7, 11) is 1.66. The van der Waals surface area contributed by atoms with E-state index in [1.807, 2.05) is 13.8 Å². The third kappa shape index (κ3) is 2.78. The van der Waals surface area contributed by atoms with E-state index in [9.17, 15) is 0 Å². The van der Waals surface area contributed by atoms with Crippen LogP contribution in [0.4, 0.5) is 0 Å². The summed E-state index contributed by atoms with van der Waals surface area (Å²) < 4.78 is 9.84. The van der Waals surface area contributed by atoms with Gasteiger partial charge >= 0.3 is 0 Å². The zero-order valence-electron chi connectivity index (χ0n) is 8.15. The molecule has 74 valence electrons. The van der Waals surface area contributed by atoms with E-state index >= 15 is 0 Å². The zero-order valence-corrected chi connectivity index (χ0v) is 8.15. The van der Waals surface area contributed by atoms with Gasteiger partial charge in [0.25, 0.3) is 0 Å². The molecule has 5 heteroatoms. The predicted octanol–water partition coefficient (Wildman–Crippen LogP) is 0.885. The molecule has 0 amide bonds. The number of rotatable bonds is 4. The van der Waals surface area contributed by atoms with E-state index in [0.717, 1.165) is 0 Å². The predicted molar refractivity (Wildman–Crippen MR) is 46.9 cm³/mol. The highest BCUT2D eigenvalue weighted by molar-refractivity contribution is 4.91. The van der Waals surface area contributed by atoms with Crippen LogP contribution < -0.4 is 5.73 Å². The van der Waals surface area contributed by atoms with Crippen LogP contribution in [-0.4, -0.2) is 22.9 Å². The maximum Gasteiger partial charge on any atom is 0.213 e. The van der Waals surface area contributed by atoms with Crippen molar-refractivity contribution >= 4 is 0 Å². The van der Waals surface area contributed by atoms with Crippen LogP contribution in [0.3, 0.4) is 0 Å². The fourth-order valence-electron chi connectivity index (χ4n) is 1.05. The van der Waals surface area contributed by atoms with Gasteiger partial charge in [-0.05, 0) is 20.3 Å². The molecule has 0 aliphatic carbocycles. The minimum absolute atomic E-state index is 0.242. The van der Waals surface area contributed by atoms with Crippen molar-refractivity contribution in [1.82, 2.24) is 10.1 Å². The topological polar surface area (TPSA) is 74.2 Å². The van der Waals surface area contributed by atoms with E-state index in [1.165, 1.54) is 6.39 Å². The van der Waals surface area contributed by atoms with Gasteiger partial charge in [-0.3, -0.25) is 0 Å². The number of hydrogen-bond donors (Lipinski definition) is 1. The highest BCUT2D eigenvalue weighted by Crippen LogP contribution is 2.21. The second-order valence-electron chi connectivity index (χ2n) is 3.56. The highest BCUT2D eigenvalue weighted by Gasteiger charge is 2.23. The van der Waals surface area contributed by atoms with Crippen molar-refractivity contribution in [2.24, 2.45) is 5.73 Å². The third-order valence-electron chi connectivity index (χ3n) is 1.97. The second-order valence-corrected chi connectivity index (χ2v) is 3.56. The Balaban J connectivity index is 2.56. The van der Waals surface area contributed by atoms with Crippen molar-refractivity contribution < 1.29 is 9.26 Å². The van der Waals surface area contributed by atoms with Crippen molar-refractivity contribution in [3.05, 3.63) is 12.2 Å². The first-order valence-corrected chi connectivity index (χ1v) is 4.12. The van der Waals surface area contributed by atoms with E-state index < -0.39 is 0 Å². The summed E-state index contributed by atoms with van der Waals surface area (Å²) in [5.41, 5.74) is 5.57. The van der Waals surface area contributed by atoms with Crippen LogP contribution in [0.15, 0.2) is 10.9 Å². The second kappa shape index (κ2) is 3.85. The summed E-state index contributed by atoms with van der Waals surface area (Å²) in [5.74, 6) is 0.519. The van der Waals surface area contributed by atoms with Crippen LogP contribution in [0.2, 0.25) is 0 Å². The highest BCUT2D eigenvalue weighted by atomic mass is 16.5. The Bertz CT molecular complexity index is 246. The van der Waals surface area contributed by atoms with E-state index in [0.29, 0.717) is 12.2 Å². The third-order valence-corrected chi connectivity index (χ3v) is 1.97. The van der Waals surface area contributed by atoms with Crippen molar-refractivity contribution in [1.29, 1.82) is 0 Å². The van der Waals surface area contributed by atoms with Gasteiger partial charge in [0.2, 0.25) is 6.39 Å². The first-order valence-electron chi connectivity index (χ1n) is 4.12. The number of hydrogen-bond acceptors (Lipinski definition) is 5. The molecule has 1 aromatic heterocycles. The van der Waals surface area contributed by atoms with Crippen LogP contribution in [0, 0.1) is 0 Å². The van der Waals surface area contributed by atoms with E-state index in [1.54, 1.807) is 7.11 Å². The number of ether oxygens (including phenoxy) is 1. The Labute approximate surface area is 77.3 Å². The first-order chi connectivity index (χ1) is 6.05. The molecule has 1 aromatic rings. The number of nitrogens with zero attached hydrogens (tertiary/aromatic N) is 2. The maximum atomic E-state index is 5.84. The molecule has 0 bridgehead atoms. The van der Waals surface area contributed by atoms with Gasteiger partial charge in [0.15, 0.2) is 5.82 Å². The minimum Gasteiger partial charge on any atom is -0.379 e. The molecule has 0 radical (unpaired) electrons. The quantitative estimate of drug-likeness (QED) is 0.753. The Morgan fingerprint density at radius 2 is 2.38 bits per heavy atom. The number of nitrogens with two attached hydrogens (primary N) is 1. The van der Waals surface area contributed by atoms with Crippen molar-refractivity contribution in [3.63, 3.8) is 0 Å².